The standard InChI is InChI=1S/C19H25N7O2/c1-6-25-14(5)18(13(4)22-25)20-19(27)15-7-9-16(10-8-15)28-11-17-21-23-24-26(17)12(2)3/h7-10,12H,6,11H2,1-5H3,(H,20,27). The molecule has 0 atom stereocenters. The van der Waals surface area contributed by atoms with Crippen LogP contribution >= 0.6 is 0 Å². The lowest BCUT2D eigenvalue weighted by molar-refractivity contribution is 0.102. The summed E-state index contributed by atoms with van der Waals surface area (Å²) in [4.78, 5) is 12.6. The molecule has 9 heteroatoms. The fourth-order valence-electron chi connectivity index (χ4n) is 2.93. The summed E-state index contributed by atoms with van der Waals surface area (Å²) in [7, 11) is 0. The van der Waals surface area contributed by atoms with Crippen LogP contribution in [0, 0.1) is 13.8 Å². The zero-order chi connectivity index (χ0) is 20.3. The van der Waals surface area contributed by atoms with E-state index in [1.165, 1.54) is 0 Å². The van der Waals surface area contributed by atoms with E-state index < -0.39 is 0 Å². The molecule has 0 spiro atoms. The number of aromatic nitrogens is 6. The topological polar surface area (TPSA) is 99.8 Å². The quantitative estimate of drug-likeness (QED) is 0.673. The van der Waals surface area contributed by atoms with Crippen LogP contribution in [0.25, 0.3) is 0 Å². The van der Waals surface area contributed by atoms with Gasteiger partial charge in [0.1, 0.15) is 12.4 Å². The number of ether oxygens (including phenoxy) is 1. The van der Waals surface area contributed by atoms with E-state index in [4.69, 9.17) is 4.74 Å². The van der Waals surface area contributed by atoms with Gasteiger partial charge in [0.2, 0.25) is 0 Å². The first kappa shape index (κ1) is 19.5. The number of hydrogen-bond acceptors (Lipinski definition) is 6. The molecule has 1 aromatic carbocycles. The molecule has 0 aliphatic carbocycles. The molecule has 0 unspecified atom stereocenters. The van der Waals surface area contributed by atoms with Crippen molar-refractivity contribution in [2.24, 2.45) is 0 Å². The van der Waals surface area contributed by atoms with Crippen LogP contribution in [0.15, 0.2) is 24.3 Å². The van der Waals surface area contributed by atoms with Gasteiger partial charge in [-0.25, -0.2) is 4.68 Å². The van der Waals surface area contributed by atoms with Gasteiger partial charge in [-0.2, -0.15) is 5.10 Å². The fourth-order valence-corrected chi connectivity index (χ4v) is 2.93. The van der Waals surface area contributed by atoms with E-state index in [0.29, 0.717) is 17.1 Å². The number of nitrogens with zero attached hydrogens (tertiary/aromatic N) is 6. The number of nitrogens with one attached hydrogen (secondary N) is 1. The van der Waals surface area contributed by atoms with Crippen LogP contribution in [0.5, 0.6) is 5.75 Å². The van der Waals surface area contributed by atoms with Gasteiger partial charge in [0.05, 0.1) is 23.1 Å². The number of carbonyl (C=O) groups excluding carboxylic acids is 1. The number of anilines is 1. The predicted octanol–water partition coefficient (Wildman–Crippen LogP) is 2.92. The molecule has 2 heterocycles. The van der Waals surface area contributed by atoms with Crippen LogP contribution in [0.2, 0.25) is 0 Å². The molecule has 1 amide bonds. The summed E-state index contributed by atoms with van der Waals surface area (Å²) in [5.41, 5.74) is 3.04. The summed E-state index contributed by atoms with van der Waals surface area (Å²) in [6, 6.07) is 7.13. The molecule has 1 N–H and O–H groups in total. The van der Waals surface area contributed by atoms with E-state index in [0.717, 1.165) is 23.6 Å². The van der Waals surface area contributed by atoms with Crippen LogP contribution in [0.4, 0.5) is 5.69 Å². The van der Waals surface area contributed by atoms with Crippen molar-refractivity contribution < 1.29 is 9.53 Å². The molecular weight excluding hydrogens is 358 g/mol. The molecular formula is C19H25N7O2. The average Bonchev–Trinajstić information content (AvgIpc) is 3.26. The molecule has 148 valence electrons. The summed E-state index contributed by atoms with van der Waals surface area (Å²) in [6.45, 7) is 10.9. The first-order valence-electron chi connectivity index (χ1n) is 9.25. The van der Waals surface area contributed by atoms with Crippen molar-refractivity contribution in [3.05, 3.63) is 47.0 Å². The van der Waals surface area contributed by atoms with Gasteiger partial charge in [-0.1, -0.05) is 0 Å². The van der Waals surface area contributed by atoms with Gasteiger partial charge >= 0.3 is 0 Å². The van der Waals surface area contributed by atoms with Gasteiger partial charge in [0, 0.05) is 12.1 Å². The smallest absolute Gasteiger partial charge is 0.255 e. The molecule has 2 aromatic heterocycles. The molecule has 0 bridgehead atoms. The number of amides is 1. The van der Waals surface area contributed by atoms with E-state index >= 15 is 0 Å². The number of aryl methyl sites for hydroxylation is 2. The van der Waals surface area contributed by atoms with Crippen molar-refractivity contribution in [2.75, 3.05) is 5.32 Å². The van der Waals surface area contributed by atoms with Gasteiger partial charge in [-0.15, -0.1) is 5.10 Å². The number of hydrogen-bond donors (Lipinski definition) is 1. The molecule has 0 fully saturated rings. The maximum absolute atomic E-state index is 12.6. The van der Waals surface area contributed by atoms with Crippen molar-refractivity contribution in [1.29, 1.82) is 0 Å². The molecule has 0 saturated carbocycles. The Kier molecular flexibility index (Phi) is 5.72. The summed E-state index contributed by atoms with van der Waals surface area (Å²) in [6.07, 6.45) is 0. The Morgan fingerprint density at radius 2 is 1.93 bits per heavy atom. The van der Waals surface area contributed by atoms with Gasteiger partial charge in [0.15, 0.2) is 5.82 Å². The molecule has 0 saturated heterocycles. The lowest BCUT2D eigenvalue weighted by Crippen LogP contribution is -2.13. The first-order valence-corrected chi connectivity index (χ1v) is 9.25. The molecule has 0 radical (unpaired) electrons. The van der Waals surface area contributed by atoms with Gasteiger partial charge in [-0.3, -0.25) is 9.48 Å². The zero-order valence-corrected chi connectivity index (χ0v) is 16.8. The summed E-state index contributed by atoms with van der Waals surface area (Å²) in [5, 5.41) is 19.0. The van der Waals surface area contributed by atoms with E-state index in [9.17, 15) is 4.79 Å². The van der Waals surface area contributed by atoms with E-state index in [-0.39, 0.29) is 18.6 Å². The van der Waals surface area contributed by atoms with Crippen LogP contribution in [-0.2, 0) is 13.2 Å². The van der Waals surface area contributed by atoms with Crippen molar-refractivity contribution in [1.82, 2.24) is 30.0 Å². The summed E-state index contributed by atoms with van der Waals surface area (Å²) >= 11 is 0. The van der Waals surface area contributed by atoms with Gasteiger partial charge in [0.25, 0.3) is 5.91 Å². The highest BCUT2D eigenvalue weighted by Gasteiger charge is 2.15. The monoisotopic (exact) mass is 383 g/mol. The Morgan fingerprint density at radius 1 is 1.21 bits per heavy atom. The predicted molar refractivity (Wildman–Crippen MR) is 104 cm³/mol. The van der Waals surface area contributed by atoms with E-state index in [2.05, 4.69) is 25.9 Å². The molecule has 0 aliphatic heterocycles. The maximum Gasteiger partial charge on any atom is 0.255 e. The first-order chi connectivity index (χ1) is 13.4. The third-order valence-electron chi connectivity index (χ3n) is 4.45. The number of tetrazole rings is 1. The van der Waals surface area contributed by atoms with Crippen LogP contribution in [0.3, 0.4) is 0 Å². The second-order valence-corrected chi connectivity index (χ2v) is 6.76. The zero-order valence-electron chi connectivity index (χ0n) is 16.8. The Bertz CT molecular complexity index is 957. The minimum Gasteiger partial charge on any atom is -0.486 e. The van der Waals surface area contributed by atoms with Crippen molar-refractivity contribution in [2.45, 2.75) is 53.8 Å². The highest BCUT2D eigenvalue weighted by atomic mass is 16.5. The highest BCUT2D eigenvalue weighted by Crippen LogP contribution is 2.21. The number of carbonyl (C=O) groups is 1. The Labute approximate surface area is 163 Å². The molecule has 9 nitrogen and oxygen atoms in total. The largest absolute Gasteiger partial charge is 0.486 e. The average molecular weight is 383 g/mol. The van der Waals surface area contributed by atoms with Crippen LogP contribution in [0.1, 0.15) is 54.4 Å². The highest BCUT2D eigenvalue weighted by molar-refractivity contribution is 6.04. The normalized spacial score (nSPS) is 11.1. The minimum absolute atomic E-state index is 0.156. The Morgan fingerprint density at radius 3 is 2.54 bits per heavy atom. The second kappa shape index (κ2) is 8.20. The summed E-state index contributed by atoms with van der Waals surface area (Å²) in [5.74, 6) is 1.11. The lowest BCUT2D eigenvalue weighted by Gasteiger charge is -2.10. The van der Waals surface area contributed by atoms with Crippen LogP contribution in [-0.4, -0.2) is 35.9 Å². The lowest BCUT2D eigenvalue weighted by atomic mass is 10.2. The third kappa shape index (κ3) is 4.03. The van der Waals surface area contributed by atoms with Gasteiger partial charge in [-0.05, 0) is 69.3 Å². The molecule has 3 rings (SSSR count). The van der Waals surface area contributed by atoms with Crippen molar-refractivity contribution in [3.8, 4) is 5.75 Å². The number of benzene rings is 1. The minimum atomic E-state index is -0.183. The molecule has 3 aromatic rings. The molecule has 28 heavy (non-hydrogen) atoms. The molecule has 0 aliphatic rings. The Hall–Kier alpha value is -3.23. The van der Waals surface area contributed by atoms with E-state index in [1.807, 2.05) is 39.3 Å². The summed E-state index contributed by atoms with van der Waals surface area (Å²) < 4.78 is 9.32. The van der Waals surface area contributed by atoms with Gasteiger partial charge < -0.3 is 10.1 Å². The van der Waals surface area contributed by atoms with Crippen molar-refractivity contribution in [3.63, 3.8) is 0 Å². The Balaban J connectivity index is 1.65. The number of rotatable bonds is 7. The maximum atomic E-state index is 12.6. The fraction of sp³-hybridized carbons (Fsp3) is 0.421. The van der Waals surface area contributed by atoms with Crippen molar-refractivity contribution >= 4 is 11.6 Å². The van der Waals surface area contributed by atoms with Crippen LogP contribution < -0.4 is 10.1 Å². The SMILES string of the molecule is CCn1nc(C)c(NC(=O)c2ccc(OCc3nnnn3C(C)C)cc2)c1C. The second-order valence-electron chi connectivity index (χ2n) is 6.76. The third-order valence-corrected chi connectivity index (χ3v) is 4.45. The van der Waals surface area contributed by atoms with E-state index in [1.54, 1.807) is 28.9 Å².